The van der Waals surface area contributed by atoms with Gasteiger partial charge in [-0.2, -0.15) is 0 Å². The maximum atomic E-state index is 11.6. The Labute approximate surface area is 93.9 Å². The Balaban J connectivity index is 2.48. The molecule has 1 aromatic rings. The lowest BCUT2D eigenvalue weighted by Crippen LogP contribution is -2.36. The number of aryl methyl sites for hydroxylation is 1. The smallest absolute Gasteiger partial charge is 0.243 e. The van der Waals surface area contributed by atoms with E-state index in [1.54, 1.807) is 6.20 Å². The van der Waals surface area contributed by atoms with Crippen molar-refractivity contribution in [1.29, 1.82) is 0 Å². The van der Waals surface area contributed by atoms with Gasteiger partial charge in [-0.15, -0.1) is 11.3 Å². The van der Waals surface area contributed by atoms with Gasteiger partial charge in [-0.3, -0.25) is 4.79 Å². The third kappa shape index (κ3) is 3.97. The highest BCUT2D eigenvalue weighted by Crippen LogP contribution is 2.16. The molecule has 0 bridgehead atoms. The number of rotatable bonds is 4. The van der Waals surface area contributed by atoms with Crippen LogP contribution in [0.1, 0.15) is 25.1 Å². The van der Waals surface area contributed by atoms with Crippen molar-refractivity contribution >= 4 is 22.4 Å². The Morgan fingerprint density at radius 3 is 2.80 bits per heavy atom. The third-order valence-corrected chi connectivity index (χ3v) is 2.74. The normalized spacial score (nSPS) is 12.9. The van der Waals surface area contributed by atoms with E-state index < -0.39 is 6.04 Å². The second-order valence-electron chi connectivity index (χ2n) is 4.00. The molecule has 1 rings (SSSR count). The van der Waals surface area contributed by atoms with Gasteiger partial charge in [0, 0.05) is 11.1 Å². The Kier molecular flexibility index (Phi) is 4.23. The fraction of sp³-hybridized carbons (Fsp3) is 0.600. The van der Waals surface area contributed by atoms with Crippen molar-refractivity contribution in [3.63, 3.8) is 0 Å². The first-order chi connectivity index (χ1) is 6.99. The summed E-state index contributed by atoms with van der Waals surface area (Å²) in [6.07, 6.45) is 2.42. The third-order valence-electron chi connectivity index (χ3n) is 1.91. The standard InChI is InChI=1S/C10H17N3OS/c1-6(2)4-8(11)9(14)13-10-12-5-7(3)15-10/h5-6,8H,4,11H2,1-3H3,(H,12,13,14). The van der Waals surface area contributed by atoms with Crippen LogP contribution in [-0.2, 0) is 4.79 Å². The molecule has 0 aliphatic heterocycles. The number of hydrogen-bond donors (Lipinski definition) is 2. The molecular weight excluding hydrogens is 210 g/mol. The van der Waals surface area contributed by atoms with Crippen LogP contribution < -0.4 is 11.1 Å². The van der Waals surface area contributed by atoms with Crippen molar-refractivity contribution in [2.45, 2.75) is 33.2 Å². The lowest BCUT2D eigenvalue weighted by Gasteiger charge is -2.12. The number of carbonyl (C=O) groups excluding carboxylic acids is 1. The fourth-order valence-electron chi connectivity index (χ4n) is 1.23. The zero-order valence-electron chi connectivity index (χ0n) is 9.28. The molecule has 1 unspecified atom stereocenters. The molecule has 15 heavy (non-hydrogen) atoms. The van der Waals surface area contributed by atoms with E-state index in [9.17, 15) is 4.79 Å². The molecule has 0 aliphatic rings. The van der Waals surface area contributed by atoms with Gasteiger partial charge in [-0.1, -0.05) is 13.8 Å². The summed E-state index contributed by atoms with van der Waals surface area (Å²) >= 11 is 1.45. The Bertz CT molecular complexity index is 335. The fourth-order valence-corrected chi connectivity index (χ4v) is 1.89. The van der Waals surface area contributed by atoms with Crippen molar-refractivity contribution < 1.29 is 4.79 Å². The lowest BCUT2D eigenvalue weighted by molar-refractivity contribution is -0.117. The Morgan fingerprint density at radius 2 is 2.33 bits per heavy atom. The highest BCUT2D eigenvalue weighted by atomic mass is 32.1. The molecule has 0 aromatic carbocycles. The molecular formula is C10H17N3OS. The second kappa shape index (κ2) is 5.23. The minimum atomic E-state index is -0.450. The van der Waals surface area contributed by atoms with Crippen LogP contribution >= 0.6 is 11.3 Å². The second-order valence-corrected chi connectivity index (χ2v) is 5.24. The van der Waals surface area contributed by atoms with Gasteiger partial charge in [0.2, 0.25) is 5.91 Å². The first-order valence-electron chi connectivity index (χ1n) is 4.98. The highest BCUT2D eigenvalue weighted by molar-refractivity contribution is 7.15. The predicted molar refractivity (Wildman–Crippen MR) is 62.9 cm³/mol. The lowest BCUT2D eigenvalue weighted by atomic mass is 10.0. The van der Waals surface area contributed by atoms with Gasteiger partial charge >= 0.3 is 0 Å². The van der Waals surface area contributed by atoms with Crippen molar-refractivity contribution in [2.75, 3.05) is 5.32 Å². The van der Waals surface area contributed by atoms with E-state index in [4.69, 9.17) is 5.73 Å². The van der Waals surface area contributed by atoms with E-state index in [2.05, 4.69) is 10.3 Å². The largest absolute Gasteiger partial charge is 0.320 e. The van der Waals surface area contributed by atoms with Crippen molar-refractivity contribution in [1.82, 2.24) is 4.98 Å². The number of nitrogens with two attached hydrogens (primary N) is 1. The number of hydrogen-bond acceptors (Lipinski definition) is 4. The number of thiazole rings is 1. The van der Waals surface area contributed by atoms with E-state index in [1.807, 2.05) is 20.8 Å². The van der Waals surface area contributed by atoms with Crippen LogP contribution in [0.3, 0.4) is 0 Å². The van der Waals surface area contributed by atoms with E-state index in [0.29, 0.717) is 17.5 Å². The van der Waals surface area contributed by atoms with Gasteiger partial charge in [-0.25, -0.2) is 4.98 Å². The average molecular weight is 227 g/mol. The van der Waals surface area contributed by atoms with Crippen LogP contribution in [-0.4, -0.2) is 16.9 Å². The van der Waals surface area contributed by atoms with Crippen LogP contribution in [0.15, 0.2) is 6.20 Å². The number of carbonyl (C=O) groups is 1. The van der Waals surface area contributed by atoms with Crippen LogP contribution in [0, 0.1) is 12.8 Å². The van der Waals surface area contributed by atoms with Gasteiger partial charge < -0.3 is 11.1 Å². The van der Waals surface area contributed by atoms with Crippen molar-refractivity contribution in [3.05, 3.63) is 11.1 Å². The first-order valence-corrected chi connectivity index (χ1v) is 5.79. The number of nitrogens with one attached hydrogen (secondary N) is 1. The highest BCUT2D eigenvalue weighted by Gasteiger charge is 2.15. The average Bonchev–Trinajstić information content (AvgIpc) is 2.50. The molecule has 3 N–H and O–H groups in total. The first kappa shape index (κ1) is 12.1. The molecule has 1 heterocycles. The zero-order chi connectivity index (χ0) is 11.4. The molecule has 0 aliphatic carbocycles. The van der Waals surface area contributed by atoms with Gasteiger partial charge in [0.15, 0.2) is 5.13 Å². The predicted octanol–water partition coefficient (Wildman–Crippen LogP) is 1.76. The molecule has 4 nitrogen and oxygen atoms in total. The zero-order valence-corrected chi connectivity index (χ0v) is 10.1. The summed E-state index contributed by atoms with van der Waals surface area (Å²) in [7, 11) is 0. The molecule has 0 fully saturated rings. The minimum Gasteiger partial charge on any atom is -0.320 e. The number of anilines is 1. The molecule has 1 atom stereocenters. The SMILES string of the molecule is Cc1cnc(NC(=O)C(N)CC(C)C)s1. The maximum Gasteiger partial charge on any atom is 0.243 e. The van der Waals surface area contributed by atoms with Crippen molar-refractivity contribution in [3.8, 4) is 0 Å². The number of nitrogens with zero attached hydrogens (tertiary/aromatic N) is 1. The number of amides is 1. The van der Waals surface area contributed by atoms with E-state index >= 15 is 0 Å². The summed E-state index contributed by atoms with van der Waals surface area (Å²) in [5, 5.41) is 3.33. The Hall–Kier alpha value is -0.940. The molecule has 1 aromatic heterocycles. The molecule has 0 saturated heterocycles. The summed E-state index contributed by atoms with van der Waals surface area (Å²) < 4.78 is 0. The molecule has 0 saturated carbocycles. The molecule has 0 spiro atoms. The molecule has 0 radical (unpaired) electrons. The van der Waals surface area contributed by atoms with Gasteiger partial charge in [0.25, 0.3) is 0 Å². The minimum absolute atomic E-state index is 0.155. The summed E-state index contributed by atoms with van der Waals surface area (Å²) in [6.45, 7) is 6.03. The van der Waals surface area contributed by atoms with E-state index in [1.165, 1.54) is 11.3 Å². The van der Waals surface area contributed by atoms with Crippen LogP contribution in [0.4, 0.5) is 5.13 Å². The molecule has 84 valence electrons. The summed E-state index contributed by atoms with van der Waals surface area (Å²) in [5.41, 5.74) is 5.74. The maximum absolute atomic E-state index is 11.6. The van der Waals surface area contributed by atoms with E-state index in [0.717, 1.165) is 4.88 Å². The van der Waals surface area contributed by atoms with Crippen molar-refractivity contribution in [2.24, 2.45) is 11.7 Å². The van der Waals surface area contributed by atoms with Gasteiger partial charge in [0.1, 0.15) is 0 Å². The van der Waals surface area contributed by atoms with E-state index in [-0.39, 0.29) is 5.91 Å². The summed E-state index contributed by atoms with van der Waals surface area (Å²) in [4.78, 5) is 16.7. The number of aromatic nitrogens is 1. The van der Waals surface area contributed by atoms with Gasteiger partial charge in [0.05, 0.1) is 6.04 Å². The quantitative estimate of drug-likeness (QED) is 0.823. The summed E-state index contributed by atoms with van der Waals surface area (Å²) in [5.74, 6) is 0.266. The molecule has 5 heteroatoms. The Morgan fingerprint density at radius 1 is 1.67 bits per heavy atom. The van der Waals surface area contributed by atoms with Gasteiger partial charge in [-0.05, 0) is 19.3 Å². The van der Waals surface area contributed by atoms with Crippen LogP contribution in [0.5, 0.6) is 0 Å². The monoisotopic (exact) mass is 227 g/mol. The topological polar surface area (TPSA) is 68.0 Å². The van der Waals surface area contributed by atoms with Crippen LogP contribution in [0.25, 0.3) is 0 Å². The molecule has 1 amide bonds. The summed E-state index contributed by atoms with van der Waals surface area (Å²) in [6, 6.07) is -0.450. The van der Waals surface area contributed by atoms with Crippen LogP contribution in [0.2, 0.25) is 0 Å².